The van der Waals surface area contributed by atoms with Crippen molar-refractivity contribution in [3.8, 4) is 0 Å². The van der Waals surface area contributed by atoms with E-state index >= 15 is 0 Å². The number of anilines is 2. The van der Waals surface area contributed by atoms with Gasteiger partial charge in [-0.05, 0) is 29.8 Å². The van der Waals surface area contributed by atoms with Crippen LogP contribution in [-0.2, 0) is 9.53 Å². The van der Waals surface area contributed by atoms with Crippen molar-refractivity contribution in [2.45, 2.75) is 0 Å². The predicted octanol–water partition coefficient (Wildman–Crippen LogP) is 2.78. The Hall–Kier alpha value is -2.63. The quantitative estimate of drug-likeness (QED) is 0.689. The Morgan fingerprint density at radius 3 is 2.56 bits per heavy atom. The third-order valence-electron chi connectivity index (χ3n) is 3.58. The SMILES string of the molecule is CN(CCO)c1ccc(NC(=O)COC/C=C/c2ccccc2)cc1. The largest absolute Gasteiger partial charge is 0.395 e. The van der Waals surface area contributed by atoms with Gasteiger partial charge in [0, 0.05) is 25.0 Å². The third kappa shape index (κ3) is 6.79. The van der Waals surface area contributed by atoms with Crippen LogP contribution >= 0.6 is 0 Å². The lowest BCUT2D eigenvalue weighted by Crippen LogP contribution is -2.21. The molecule has 0 unspecified atom stereocenters. The molecule has 0 aliphatic rings. The number of aliphatic hydroxyl groups is 1. The normalized spacial score (nSPS) is 10.8. The van der Waals surface area contributed by atoms with Crippen LogP contribution in [0.4, 0.5) is 11.4 Å². The zero-order valence-corrected chi connectivity index (χ0v) is 14.4. The summed E-state index contributed by atoms with van der Waals surface area (Å²) in [4.78, 5) is 13.8. The van der Waals surface area contributed by atoms with Crippen molar-refractivity contribution < 1.29 is 14.6 Å². The van der Waals surface area contributed by atoms with Gasteiger partial charge in [0.15, 0.2) is 0 Å². The first-order valence-electron chi connectivity index (χ1n) is 8.20. The highest BCUT2D eigenvalue weighted by atomic mass is 16.5. The van der Waals surface area contributed by atoms with Gasteiger partial charge in [-0.2, -0.15) is 0 Å². The van der Waals surface area contributed by atoms with E-state index in [9.17, 15) is 4.79 Å². The van der Waals surface area contributed by atoms with Crippen LogP contribution in [-0.4, -0.2) is 44.4 Å². The number of benzene rings is 2. The predicted molar refractivity (Wildman–Crippen MR) is 102 cm³/mol. The first-order valence-corrected chi connectivity index (χ1v) is 8.20. The molecule has 25 heavy (non-hydrogen) atoms. The second-order valence-electron chi connectivity index (χ2n) is 5.57. The van der Waals surface area contributed by atoms with Crippen molar-refractivity contribution in [2.24, 2.45) is 0 Å². The molecule has 0 aliphatic heterocycles. The topological polar surface area (TPSA) is 61.8 Å². The molecule has 0 aromatic heterocycles. The van der Waals surface area contributed by atoms with E-state index in [4.69, 9.17) is 9.84 Å². The lowest BCUT2D eigenvalue weighted by atomic mass is 10.2. The molecule has 5 nitrogen and oxygen atoms in total. The van der Waals surface area contributed by atoms with Crippen LogP contribution in [0.25, 0.3) is 6.08 Å². The number of amides is 1. The Kier molecular flexibility index (Phi) is 7.69. The monoisotopic (exact) mass is 340 g/mol. The summed E-state index contributed by atoms with van der Waals surface area (Å²) >= 11 is 0. The maximum Gasteiger partial charge on any atom is 0.250 e. The Balaban J connectivity index is 1.70. The number of hydrogen-bond acceptors (Lipinski definition) is 4. The van der Waals surface area contributed by atoms with Gasteiger partial charge in [0.25, 0.3) is 0 Å². The molecule has 0 radical (unpaired) electrons. The van der Waals surface area contributed by atoms with Crippen LogP contribution in [0.2, 0.25) is 0 Å². The number of rotatable bonds is 9. The number of aliphatic hydroxyl groups excluding tert-OH is 1. The Labute approximate surface area is 148 Å². The molecule has 0 fully saturated rings. The zero-order chi connectivity index (χ0) is 17.9. The minimum atomic E-state index is -0.190. The molecule has 5 heteroatoms. The van der Waals surface area contributed by atoms with Crippen LogP contribution < -0.4 is 10.2 Å². The summed E-state index contributed by atoms with van der Waals surface area (Å²) in [6, 6.07) is 17.4. The summed E-state index contributed by atoms with van der Waals surface area (Å²) in [7, 11) is 1.90. The fraction of sp³-hybridized carbons (Fsp3) is 0.250. The molecule has 2 N–H and O–H groups in total. The second kappa shape index (κ2) is 10.3. The van der Waals surface area contributed by atoms with E-state index in [0.29, 0.717) is 13.2 Å². The van der Waals surface area contributed by atoms with Crippen LogP contribution in [0.15, 0.2) is 60.7 Å². The first kappa shape index (κ1) is 18.7. The van der Waals surface area contributed by atoms with Crippen LogP contribution in [0, 0.1) is 0 Å². The van der Waals surface area contributed by atoms with Gasteiger partial charge in [-0.25, -0.2) is 0 Å². The fourth-order valence-corrected chi connectivity index (χ4v) is 2.24. The van der Waals surface area contributed by atoms with Gasteiger partial charge in [-0.3, -0.25) is 4.79 Å². The summed E-state index contributed by atoms with van der Waals surface area (Å²) in [6.45, 7) is 1.06. The second-order valence-corrected chi connectivity index (χ2v) is 5.57. The molecule has 132 valence electrons. The molecule has 0 atom stereocenters. The Bertz CT molecular complexity index is 669. The van der Waals surface area contributed by atoms with Crippen LogP contribution in [0.1, 0.15) is 5.56 Å². The first-order chi connectivity index (χ1) is 12.2. The highest BCUT2D eigenvalue weighted by molar-refractivity contribution is 5.91. The molecule has 0 heterocycles. The van der Waals surface area contributed by atoms with Gasteiger partial charge in [-0.15, -0.1) is 0 Å². The number of likely N-dealkylation sites (N-methyl/N-ethyl adjacent to an activating group) is 1. The molecular formula is C20H24N2O3. The van der Waals surface area contributed by atoms with E-state index in [2.05, 4.69) is 5.32 Å². The summed E-state index contributed by atoms with van der Waals surface area (Å²) in [5.74, 6) is -0.190. The molecule has 0 spiro atoms. The van der Waals surface area contributed by atoms with Gasteiger partial charge in [-0.1, -0.05) is 42.5 Å². The van der Waals surface area contributed by atoms with Crippen LogP contribution in [0.3, 0.4) is 0 Å². The highest BCUT2D eigenvalue weighted by Gasteiger charge is 2.03. The summed E-state index contributed by atoms with van der Waals surface area (Å²) in [5.41, 5.74) is 2.80. The zero-order valence-electron chi connectivity index (χ0n) is 14.4. The smallest absolute Gasteiger partial charge is 0.250 e. The standard InChI is InChI=1S/C20H24N2O3/c1-22(13-14-23)19-11-9-18(10-12-19)21-20(24)16-25-15-5-8-17-6-3-2-4-7-17/h2-12,23H,13-16H2,1H3,(H,21,24)/b8-5+. The molecule has 1 amide bonds. The Morgan fingerprint density at radius 1 is 1.16 bits per heavy atom. The van der Waals surface area contributed by atoms with E-state index in [1.54, 1.807) is 0 Å². The average molecular weight is 340 g/mol. The van der Waals surface area contributed by atoms with Crippen LogP contribution in [0.5, 0.6) is 0 Å². The number of ether oxygens (including phenoxy) is 1. The number of hydrogen-bond donors (Lipinski definition) is 2. The van der Waals surface area contributed by atoms with E-state index in [1.807, 2.05) is 78.7 Å². The van der Waals surface area contributed by atoms with Gasteiger partial charge in [0.2, 0.25) is 5.91 Å². The van der Waals surface area contributed by atoms with Crippen molar-refractivity contribution in [3.05, 3.63) is 66.2 Å². The minimum Gasteiger partial charge on any atom is -0.395 e. The molecule has 2 aromatic rings. The van der Waals surface area contributed by atoms with E-state index in [-0.39, 0.29) is 19.1 Å². The molecule has 2 aromatic carbocycles. The maximum atomic E-state index is 11.9. The fourth-order valence-electron chi connectivity index (χ4n) is 2.24. The summed E-state index contributed by atoms with van der Waals surface area (Å²) < 4.78 is 5.35. The van der Waals surface area contributed by atoms with Crippen molar-refractivity contribution in [2.75, 3.05) is 43.6 Å². The molecular weight excluding hydrogens is 316 g/mol. The molecule has 0 saturated heterocycles. The number of nitrogens with one attached hydrogen (secondary N) is 1. The van der Waals surface area contributed by atoms with Crippen molar-refractivity contribution >= 4 is 23.4 Å². The number of carbonyl (C=O) groups excluding carboxylic acids is 1. The number of nitrogens with zero attached hydrogens (tertiary/aromatic N) is 1. The van der Waals surface area contributed by atoms with Gasteiger partial charge >= 0.3 is 0 Å². The van der Waals surface area contributed by atoms with Crippen molar-refractivity contribution in [3.63, 3.8) is 0 Å². The summed E-state index contributed by atoms with van der Waals surface area (Å²) in [5, 5.41) is 11.7. The average Bonchev–Trinajstić information content (AvgIpc) is 2.63. The molecule has 2 rings (SSSR count). The highest BCUT2D eigenvalue weighted by Crippen LogP contribution is 2.16. The lowest BCUT2D eigenvalue weighted by Gasteiger charge is -2.18. The van der Waals surface area contributed by atoms with E-state index < -0.39 is 0 Å². The van der Waals surface area contributed by atoms with E-state index in [0.717, 1.165) is 16.9 Å². The van der Waals surface area contributed by atoms with Gasteiger partial charge in [0.1, 0.15) is 6.61 Å². The molecule has 0 saturated carbocycles. The van der Waals surface area contributed by atoms with Gasteiger partial charge < -0.3 is 20.1 Å². The maximum absolute atomic E-state index is 11.9. The van der Waals surface area contributed by atoms with E-state index in [1.165, 1.54) is 0 Å². The summed E-state index contributed by atoms with van der Waals surface area (Å²) in [6.07, 6.45) is 3.84. The molecule has 0 aliphatic carbocycles. The molecule has 0 bridgehead atoms. The van der Waals surface area contributed by atoms with Crippen molar-refractivity contribution in [1.82, 2.24) is 0 Å². The third-order valence-corrected chi connectivity index (χ3v) is 3.58. The minimum absolute atomic E-state index is 0.00525. The Morgan fingerprint density at radius 2 is 1.88 bits per heavy atom. The number of carbonyl (C=O) groups is 1. The lowest BCUT2D eigenvalue weighted by molar-refractivity contribution is -0.120. The van der Waals surface area contributed by atoms with Crippen molar-refractivity contribution in [1.29, 1.82) is 0 Å². The van der Waals surface area contributed by atoms with Gasteiger partial charge in [0.05, 0.1) is 13.2 Å².